The first-order chi connectivity index (χ1) is 12.9. The van der Waals surface area contributed by atoms with Crippen LogP contribution in [0.25, 0.3) is 10.1 Å². The highest BCUT2D eigenvalue weighted by molar-refractivity contribution is 9.10. The Kier molecular flexibility index (Phi) is 5.50. The van der Waals surface area contributed by atoms with Crippen LogP contribution in [0.3, 0.4) is 0 Å². The minimum Gasteiger partial charge on any atom is -0.344 e. The highest BCUT2D eigenvalue weighted by Gasteiger charge is 2.53. The van der Waals surface area contributed by atoms with Gasteiger partial charge in [0.15, 0.2) is 0 Å². The lowest BCUT2D eigenvalue weighted by atomic mass is 10.1. The monoisotopic (exact) mass is 493 g/mol. The molecule has 0 bridgehead atoms. The molecule has 3 N–H and O–H groups in total. The van der Waals surface area contributed by atoms with Gasteiger partial charge in [0.25, 0.3) is 5.91 Å². The summed E-state index contributed by atoms with van der Waals surface area (Å²) in [4.78, 5) is 29.7. The maximum atomic E-state index is 14.1. The Labute approximate surface area is 170 Å². The van der Waals surface area contributed by atoms with Crippen LogP contribution in [0.5, 0.6) is 0 Å². The number of alkyl halides is 2. The zero-order valence-corrected chi connectivity index (χ0v) is 17.9. The second-order valence-corrected chi connectivity index (χ2v) is 9.61. The molecule has 1 amide bonds. The third kappa shape index (κ3) is 3.65. The van der Waals surface area contributed by atoms with Gasteiger partial charge >= 0.3 is 13.3 Å². The van der Waals surface area contributed by atoms with Crippen molar-refractivity contribution < 1.29 is 27.9 Å². The molecule has 0 fully saturated rings. The molecule has 0 saturated carbocycles. The van der Waals surface area contributed by atoms with Crippen molar-refractivity contribution in [2.75, 3.05) is 0 Å². The van der Waals surface area contributed by atoms with Gasteiger partial charge in [-0.25, -0.2) is 0 Å². The van der Waals surface area contributed by atoms with Gasteiger partial charge in [-0.2, -0.15) is 13.9 Å². The van der Waals surface area contributed by atoms with E-state index in [1.54, 1.807) is 30.9 Å². The van der Waals surface area contributed by atoms with Gasteiger partial charge in [-0.05, 0) is 47.1 Å². The number of carbonyl (C=O) groups is 1. The van der Waals surface area contributed by atoms with Crippen molar-refractivity contribution in [2.24, 2.45) is 7.05 Å². The van der Waals surface area contributed by atoms with Crippen molar-refractivity contribution >= 4 is 50.9 Å². The summed E-state index contributed by atoms with van der Waals surface area (Å²) in [5.74, 6) is -0.419. The third-order valence-corrected chi connectivity index (χ3v) is 7.61. The highest BCUT2D eigenvalue weighted by Crippen LogP contribution is 2.62. The lowest BCUT2D eigenvalue weighted by Gasteiger charge is -2.16. The fraction of sp³-hybridized carbons (Fsp3) is 0.250. The fourth-order valence-corrected chi connectivity index (χ4v) is 5.62. The first-order valence-corrected chi connectivity index (χ1v) is 11.1. The van der Waals surface area contributed by atoms with Crippen molar-refractivity contribution in [1.29, 1.82) is 0 Å². The van der Waals surface area contributed by atoms with Gasteiger partial charge in [0.1, 0.15) is 4.88 Å². The molecule has 1 atom stereocenters. The molecule has 7 nitrogen and oxygen atoms in total. The maximum absolute atomic E-state index is 14.1. The van der Waals surface area contributed by atoms with E-state index in [0.717, 1.165) is 5.69 Å². The average molecular weight is 494 g/mol. The van der Waals surface area contributed by atoms with Crippen LogP contribution >= 0.6 is 34.9 Å². The van der Waals surface area contributed by atoms with Crippen molar-refractivity contribution in [3.8, 4) is 0 Å². The number of amides is 1. The molecular weight excluding hydrogens is 479 g/mol. The van der Waals surface area contributed by atoms with E-state index in [1.165, 1.54) is 18.2 Å². The first-order valence-electron chi connectivity index (χ1n) is 7.88. The Bertz CT molecular complexity index is 1110. The van der Waals surface area contributed by atoms with E-state index < -0.39 is 24.0 Å². The summed E-state index contributed by atoms with van der Waals surface area (Å²) < 4.78 is 41.3. The number of hydrogen-bond acceptors (Lipinski definition) is 4. The van der Waals surface area contributed by atoms with E-state index in [9.17, 15) is 18.1 Å². The van der Waals surface area contributed by atoms with E-state index in [2.05, 4.69) is 26.3 Å². The summed E-state index contributed by atoms with van der Waals surface area (Å²) in [6.45, 7) is 1.78. The number of carbonyl (C=O) groups excluding carboxylic acids is 1. The SMILES string of the molecule is C[C@@H](NC(=O)c1ccc2sc(C(F)(F)P(=O)(O)O)c(Br)c2c1)c1ccnn1C. The molecular formula is C16H15BrF2N3O4PS. The predicted molar refractivity (Wildman–Crippen MR) is 105 cm³/mol. The summed E-state index contributed by atoms with van der Waals surface area (Å²) in [7, 11) is -3.95. The smallest absolute Gasteiger partial charge is 0.344 e. The lowest BCUT2D eigenvalue weighted by Crippen LogP contribution is -2.27. The van der Waals surface area contributed by atoms with Gasteiger partial charge in [-0.3, -0.25) is 14.0 Å². The largest absolute Gasteiger partial charge is 0.400 e. The molecule has 2 heterocycles. The van der Waals surface area contributed by atoms with E-state index in [0.29, 0.717) is 16.0 Å². The molecule has 0 unspecified atom stereocenters. The normalized spacial score (nSPS) is 13.7. The zero-order chi connectivity index (χ0) is 20.9. The standard InChI is InChI=1S/C16H15BrF2N3O4PS/c1-8(11-5-6-20-22(11)2)21-15(23)9-3-4-12-10(7-9)13(17)14(28-12)16(18,19)27(24,25)26/h3-8H,1-2H3,(H,21,23)(H2,24,25,26)/t8-/m1/s1. The number of fused-ring (bicyclic) bond motifs is 1. The van der Waals surface area contributed by atoms with Crippen LogP contribution in [0.2, 0.25) is 0 Å². The fourth-order valence-electron chi connectivity index (χ4n) is 2.70. The molecule has 150 valence electrons. The Balaban J connectivity index is 1.94. The topological polar surface area (TPSA) is 104 Å². The molecule has 0 spiro atoms. The second-order valence-electron chi connectivity index (χ2n) is 6.12. The number of rotatable bonds is 5. The Hall–Kier alpha value is -1.65. The molecule has 0 aliphatic carbocycles. The van der Waals surface area contributed by atoms with Gasteiger partial charge in [0, 0.05) is 33.4 Å². The Morgan fingerprint density at radius 1 is 1.39 bits per heavy atom. The highest BCUT2D eigenvalue weighted by atomic mass is 79.9. The number of halogens is 3. The summed E-state index contributed by atoms with van der Waals surface area (Å²) in [6, 6.07) is 5.76. The maximum Gasteiger partial charge on any atom is 0.400 e. The predicted octanol–water partition coefficient (Wildman–Crippen LogP) is 4.12. The van der Waals surface area contributed by atoms with Gasteiger partial charge in [0.2, 0.25) is 0 Å². The summed E-state index contributed by atoms with van der Waals surface area (Å²) >= 11 is 3.56. The van der Waals surface area contributed by atoms with Crippen LogP contribution in [0.15, 0.2) is 34.9 Å². The van der Waals surface area contributed by atoms with Crippen LogP contribution in [0, 0.1) is 0 Å². The van der Waals surface area contributed by atoms with Crippen LogP contribution in [0.1, 0.15) is 33.9 Å². The van der Waals surface area contributed by atoms with E-state index in [-0.39, 0.29) is 21.5 Å². The van der Waals surface area contributed by atoms with Crippen molar-refractivity contribution in [3.05, 3.63) is 51.1 Å². The van der Waals surface area contributed by atoms with Gasteiger partial charge in [0.05, 0.1) is 11.7 Å². The molecule has 2 aromatic heterocycles. The van der Waals surface area contributed by atoms with Gasteiger partial charge in [-0.1, -0.05) is 0 Å². The van der Waals surface area contributed by atoms with Crippen LogP contribution in [-0.2, 0) is 17.3 Å². The number of thiophene rings is 1. The van der Waals surface area contributed by atoms with E-state index >= 15 is 0 Å². The molecule has 3 aromatic rings. The molecule has 0 saturated heterocycles. The van der Waals surface area contributed by atoms with E-state index in [1.807, 2.05) is 0 Å². The van der Waals surface area contributed by atoms with Crippen LogP contribution in [-0.4, -0.2) is 25.5 Å². The van der Waals surface area contributed by atoms with E-state index in [4.69, 9.17) is 9.79 Å². The first kappa shape index (κ1) is 21.1. The van der Waals surface area contributed by atoms with Crippen molar-refractivity contribution in [1.82, 2.24) is 15.1 Å². The lowest BCUT2D eigenvalue weighted by molar-refractivity contribution is 0.0595. The Morgan fingerprint density at radius 2 is 2.07 bits per heavy atom. The molecule has 0 aliphatic heterocycles. The molecule has 0 aliphatic rings. The quantitative estimate of drug-likeness (QED) is 0.464. The van der Waals surface area contributed by atoms with Gasteiger partial charge < -0.3 is 15.1 Å². The minimum absolute atomic E-state index is 0.143. The number of hydrogen-bond donors (Lipinski definition) is 3. The van der Waals surface area contributed by atoms with Crippen molar-refractivity contribution in [2.45, 2.75) is 18.6 Å². The molecule has 28 heavy (non-hydrogen) atoms. The number of benzene rings is 1. The number of nitrogens with one attached hydrogen (secondary N) is 1. The summed E-state index contributed by atoms with van der Waals surface area (Å²) in [5.41, 5.74) is -3.31. The Morgan fingerprint density at radius 3 is 2.64 bits per heavy atom. The second kappa shape index (κ2) is 7.31. The molecule has 1 aromatic carbocycles. The van der Waals surface area contributed by atoms with Crippen LogP contribution < -0.4 is 5.32 Å². The number of aryl methyl sites for hydroxylation is 1. The number of aromatic nitrogens is 2. The number of nitrogens with zero attached hydrogens (tertiary/aromatic N) is 2. The van der Waals surface area contributed by atoms with Gasteiger partial charge in [-0.15, -0.1) is 11.3 Å². The summed E-state index contributed by atoms with van der Waals surface area (Å²) in [6.07, 6.45) is 1.61. The van der Waals surface area contributed by atoms with Crippen LogP contribution in [0.4, 0.5) is 8.78 Å². The summed E-state index contributed by atoms with van der Waals surface area (Å²) in [5, 5.41) is 7.11. The molecule has 12 heteroatoms. The third-order valence-electron chi connectivity index (χ3n) is 4.18. The zero-order valence-electron chi connectivity index (χ0n) is 14.6. The molecule has 0 radical (unpaired) electrons. The van der Waals surface area contributed by atoms with Crippen molar-refractivity contribution in [3.63, 3.8) is 0 Å². The average Bonchev–Trinajstić information content (AvgIpc) is 3.17. The minimum atomic E-state index is -5.70. The molecule has 3 rings (SSSR count).